The molecule has 37 heavy (non-hydrogen) atoms. The number of sulfone groups is 1. The molecule has 0 bridgehead atoms. The zero-order chi connectivity index (χ0) is 27.6. The zero-order valence-corrected chi connectivity index (χ0v) is 23.5. The number of anilines is 1. The van der Waals surface area contributed by atoms with Crippen LogP contribution in [0.1, 0.15) is 19.8 Å². The molecule has 0 saturated carbocycles. The molecule has 1 amide bonds. The van der Waals surface area contributed by atoms with Crippen LogP contribution >= 0.6 is 11.6 Å². The summed E-state index contributed by atoms with van der Waals surface area (Å²) in [5.41, 5.74) is -0.512. The van der Waals surface area contributed by atoms with E-state index in [1.807, 2.05) is 19.0 Å². The standard InChI is InChI=1S/C25H31ClFN3O5S2/c1-18(11-16-36(4,32)33)28-24(31)25(27)12-14-30(15-13-25)37(34,35)23-10-9-19(29(2)3)17-21(23)20-7-5-6-8-22(20)26/h5-11,16-18H,12-15H2,1-4H3,(H,28,31)/b16-11-/t18-/m1/s1. The lowest BCUT2D eigenvalue weighted by molar-refractivity contribution is -0.135. The van der Waals surface area contributed by atoms with E-state index in [1.54, 1.807) is 36.4 Å². The summed E-state index contributed by atoms with van der Waals surface area (Å²) in [5, 5.41) is 3.79. The number of halogens is 2. The Hall–Kier alpha value is -2.47. The molecule has 1 N–H and O–H groups in total. The normalized spacial score (nSPS) is 17.5. The van der Waals surface area contributed by atoms with E-state index in [0.29, 0.717) is 16.1 Å². The van der Waals surface area contributed by atoms with Crippen LogP contribution in [0.2, 0.25) is 5.02 Å². The molecule has 8 nitrogen and oxygen atoms in total. The zero-order valence-electron chi connectivity index (χ0n) is 21.1. The van der Waals surface area contributed by atoms with Gasteiger partial charge in [-0.15, -0.1) is 0 Å². The number of sulfonamides is 1. The van der Waals surface area contributed by atoms with Crippen LogP contribution in [0, 0.1) is 0 Å². The van der Waals surface area contributed by atoms with Gasteiger partial charge in [0.05, 0.1) is 4.90 Å². The Bertz CT molecular complexity index is 1400. The van der Waals surface area contributed by atoms with Gasteiger partial charge in [0, 0.05) is 79.6 Å². The van der Waals surface area contributed by atoms with Gasteiger partial charge in [0.25, 0.3) is 5.91 Å². The van der Waals surface area contributed by atoms with Crippen molar-refractivity contribution in [3.05, 3.63) is 59.0 Å². The van der Waals surface area contributed by atoms with Crippen molar-refractivity contribution in [2.75, 3.05) is 38.3 Å². The topological polar surface area (TPSA) is 104 Å². The molecule has 3 rings (SSSR count). The van der Waals surface area contributed by atoms with Crippen LogP contribution < -0.4 is 10.2 Å². The van der Waals surface area contributed by atoms with Crippen molar-refractivity contribution >= 4 is 43.1 Å². The Morgan fingerprint density at radius 1 is 1.11 bits per heavy atom. The number of nitrogens with one attached hydrogen (secondary N) is 1. The fraction of sp³-hybridized carbons (Fsp3) is 0.400. The monoisotopic (exact) mass is 571 g/mol. The third-order valence-electron chi connectivity index (χ3n) is 6.16. The van der Waals surface area contributed by atoms with E-state index in [-0.39, 0.29) is 30.8 Å². The van der Waals surface area contributed by atoms with Crippen LogP contribution in [-0.2, 0) is 24.7 Å². The lowest BCUT2D eigenvalue weighted by atomic mass is 9.93. The van der Waals surface area contributed by atoms with Crippen LogP contribution in [0.5, 0.6) is 0 Å². The van der Waals surface area contributed by atoms with Crippen molar-refractivity contribution in [2.24, 2.45) is 0 Å². The van der Waals surface area contributed by atoms with Crippen LogP contribution in [0.3, 0.4) is 0 Å². The molecule has 0 radical (unpaired) electrons. The third kappa shape index (κ3) is 6.90. The number of piperidine rings is 1. The summed E-state index contributed by atoms with van der Waals surface area (Å²) in [5.74, 6) is -0.901. The summed E-state index contributed by atoms with van der Waals surface area (Å²) in [4.78, 5) is 14.5. The molecular formula is C25H31ClFN3O5S2. The second-order valence-electron chi connectivity index (χ2n) is 9.34. The van der Waals surface area contributed by atoms with Gasteiger partial charge in [0.2, 0.25) is 10.0 Å². The molecule has 0 aliphatic carbocycles. The minimum atomic E-state index is -4.04. The Labute approximate surface area is 223 Å². The van der Waals surface area contributed by atoms with Gasteiger partial charge < -0.3 is 10.2 Å². The number of rotatable bonds is 8. The van der Waals surface area contributed by atoms with Crippen molar-refractivity contribution in [3.8, 4) is 11.1 Å². The molecule has 0 unspecified atom stereocenters. The first-order valence-electron chi connectivity index (χ1n) is 11.6. The van der Waals surface area contributed by atoms with E-state index < -0.39 is 37.5 Å². The highest BCUT2D eigenvalue weighted by atomic mass is 35.5. The maximum absolute atomic E-state index is 15.5. The van der Waals surface area contributed by atoms with Crippen molar-refractivity contribution < 1.29 is 26.0 Å². The third-order valence-corrected chi connectivity index (χ3v) is 9.09. The van der Waals surface area contributed by atoms with Crippen LogP contribution in [0.15, 0.2) is 58.8 Å². The van der Waals surface area contributed by atoms with E-state index in [0.717, 1.165) is 17.4 Å². The molecule has 2 aromatic carbocycles. The number of hydrogen-bond donors (Lipinski definition) is 1. The molecule has 1 aliphatic rings. The summed E-state index contributed by atoms with van der Waals surface area (Å²) in [6.07, 6.45) is 1.59. The molecule has 1 aliphatic heterocycles. The van der Waals surface area contributed by atoms with E-state index in [4.69, 9.17) is 11.6 Å². The Morgan fingerprint density at radius 3 is 2.30 bits per heavy atom. The first-order chi connectivity index (χ1) is 17.1. The molecule has 1 saturated heterocycles. The molecule has 2 aromatic rings. The first-order valence-corrected chi connectivity index (χ1v) is 15.4. The van der Waals surface area contributed by atoms with Gasteiger partial charge in [-0.25, -0.2) is 21.2 Å². The van der Waals surface area contributed by atoms with Crippen molar-refractivity contribution in [2.45, 2.75) is 36.4 Å². The maximum atomic E-state index is 15.5. The highest BCUT2D eigenvalue weighted by Gasteiger charge is 2.45. The predicted octanol–water partition coefficient (Wildman–Crippen LogP) is 3.63. The smallest absolute Gasteiger partial charge is 0.258 e. The minimum Gasteiger partial charge on any atom is -0.378 e. The second-order valence-corrected chi connectivity index (χ2v) is 13.6. The Morgan fingerprint density at radius 2 is 1.73 bits per heavy atom. The quantitative estimate of drug-likeness (QED) is 0.519. The molecular weight excluding hydrogens is 541 g/mol. The minimum absolute atomic E-state index is 0.0431. The fourth-order valence-electron chi connectivity index (χ4n) is 4.00. The van der Waals surface area contributed by atoms with Crippen molar-refractivity contribution in [1.29, 1.82) is 0 Å². The number of benzene rings is 2. The van der Waals surface area contributed by atoms with E-state index in [1.165, 1.54) is 23.4 Å². The lowest BCUT2D eigenvalue weighted by Gasteiger charge is -2.35. The Balaban J connectivity index is 1.84. The van der Waals surface area contributed by atoms with Crippen LogP contribution in [0.25, 0.3) is 11.1 Å². The molecule has 0 aromatic heterocycles. The summed E-state index contributed by atoms with van der Waals surface area (Å²) < 4.78 is 66.6. The number of hydrogen-bond acceptors (Lipinski definition) is 6. The average molecular weight is 572 g/mol. The summed E-state index contributed by atoms with van der Waals surface area (Å²) in [7, 11) is -3.75. The van der Waals surface area contributed by atoms with Crippen molar-refractivity contribution in [1.82, 2.24) is 9.62 Å². The van der Waals surface area contributed by atoms with Gasteiger partial charge in [-0.1, -0.05) is 35.9 Å². The summed E-state index contributed by atoms with van der Waals surface area (Å²) in [6, 6.07) is 11.2. The number of alkyl halides is 1. The largest absolute Gasteiger partial charge is 0.378 e. The Kier molecular flexibility index (Phi) is 8.73. The van der Waals surface area contributed by atoms with Gasteiger partial charge in [0.1, 0.15) is 0 Å². The van der Waals surface area contributed by atoms with Gasteiger partial charge in [-0.3, -0.25) is 4.79 Å². The number of carbonyl (C=O) groups is 1. The lowest BCUT2D eigenvalue weighted by Crippen LogP contribution is -2.53. The average Bonchev–Trinajstić information content (AvgIpc) is 2.82. The molecule has 1 atom stereocenters. The number of nitrogens with zero attached hydrogens (tertiary/aromatic N) is 2. The highest BCUT2D eigenvalue weighted by molar-refractivity contribution is 7.93. The SMILES string of the molecule is C[C@H](/C=C\S(C)(=O)=O)NC(=O)C1(F)CCN(S(=O)(=O)c2ccc(N(C)C)cc2-c2ccccc2Cl)CC1. The molecule has 1 heterocycles. The van der Waals surface area contributed by atoms with Crippen LogP contribution in [0.4, 0.5) is 10.1 Å². The summed E-state index contributed by atoms with van der Waals surface area (Å²) >= 11 is 6.41. The van der Waals surface area contributed by atoms with Crippen molar-refractivity contribution in [3.63, 3.8) is 0 Å². The molecule has 12 heteroatoms. The van der Waals surface area contributed by atoms with E-state index in [2.05, 4.69) is 5.32 Å². The maximum Gasteiger partial charge on any atom is 0.258 e. The number of carbonyl (C=O) groups excluding carboxylic acids is 1. The van der Waals surface area contributed by atoms with Gasteiger partial charge >= 0.3 is 0 Å². The fourth-order valence-corrected chi connectivity index (χ4v) is 6.39. The predicted molar refractivity (Wildman–Crippen MR) is 145 cm³/mol. The second kappa shape index (κ2) is 11.1. The number of amides is 1. The summed E-state index contributed by atoms with van der Waals surface area (Å²) in [6.45, 7) is 1.13. The van der Waals surface area contributed by atoms with Gasteiger partial charge in [-0.05, 0) is 31.2 Å². The molecule has 1 fully saturated rings. The molecule has 202 valence electrons. The van der Waals surface area contributed by atoms with Gasteiger partial charge in [0.15, 0.2) is 15.5 Å². The van der Waals surface area contributed by atoms with E-state index in [9.17, 15) is 21.6 Å². The van der Waals surface area contributed by atoms with E-state index >= 15 is 4.39 Å². The van der Waals surface area contributed by atoms with Crippen LogP contribution in [-0.4, -0.2) is 72.2 Å². The first kappa shape index (κ1) is 29.1. The molecule has 0 spiro atoms. The van der Waals surface area contributed by atoms with Gasteiger partial charge in [-0.2, -0.15) is 4.31 Å². The highest BCUT2D eigenvalue weighted by Crippen LogP contribution is 2.38.